The van der Waals surface area contributed by atoms with E-state index in [1.165, 1.54) is 12.4 Å². The van der Waals surface area contributed by atoms with Crippen molar-refractivity contribution in [2.75, 3.05) is 6.54 Å². The highest BCUT2D eigenvalue weighted by Crippen LogP contribution is 1.92. The number of hydrogen-bond donors (Lipinski definition) is 0. The van der Waals surface area contributed by atoms with Gasteiger partial charge in [0, 0.05) is 25.0 Å². The van der Waals surface area contributed by atoms with Crippen molar-refractivity contribution in [2.24, 2.45) is 0 Å². The molecule has 0 saturated heterocycles. The van der Waals surface area contributed by atoms with Crippen molar-refractivity contribution in [3.8, 4) is 0 Å². The number of nitrogens with zero attached hydrogens (tertiary/aromatic N) is 2. The van der Waals surface area contributed by atoms with Gasteiger partial charge in [0.25, 0.3) is 0 Å². The van der Waals surface area contributed by atoms with Crippen LogP contribution in [0, 0.1) is 10.4 Å². The summed E-state index contributed by atoms with van der Waals surface area (Å²) in [5.74, 6) is 0. The van der Waals surface area contributed by atoms with Gasteiger partial charge in [0.1, 0.15) is 0 Å². The average molecular weight is 180 g/mol. The summed E-state index contributed by atoms with van der Waals surface area (Å²) < 4.78 is 1.74. The molecule has 4 nitrogen and oxygen atoms in total. The standard InChI is InChI=1S/C5H5NO.C4H7NO/c7-6-4-2-1-3-5-6;6-5-3-1-2-4-5/h1-5H;3H,1-2,4H2. The van der Waals surface area contributed by atoms with Crippen molar-refractivity contribution in [3.05, 3.63) is 41.0 Å². The molecule has 0 unspecified atom stereocenters. The van der Waals surface area contributed by atoms with Gasteiger partial charge in [0.05, 0.1) is 0 Å². The van der Waals surface area contributed by atoms with E-state index < -0.39 is 0 Å². The van der Waals surface area contributed by atoms with Crippen molar-refractivity contribution in [2.45, 2.75) is 12.8 Å². The molecule has 0 radical (unpaired) electrons. The topological polar surface area (TPSA) is 53.0 Å². The molecule has 1 aliphatic rings. The Hall–Kier alpha value is -1.58. The van der Waals surface area contributed by atoms with Crippen LogP contribution in [0.2, 0.25) is 0 Å². The molecule has 0 fully saturated rings. The lowest BCUT2D eigenvalue weighted by Crippen LogP contribution is -2.22. The summed E-state index contributed by atoms with van der Waals surface area (Å²) in [5, 5.41) is 20.3. The van der Waals surface area contributed by atoms with Crippen LogP contribution in [0.4, 0.5) is 0 Å². The number of pyridine rings is 1. The largest absolute Gasteiger partial charge is 0.624 e. The number of hydrogen-bond acceptors (Lipinski definition) is 2. The van der Waals surface area contributed by atoms with Gasteiger partial charge >= 0.3 is 0 Å². The molecule has 0 atom stereocenters. The number of rotatable bonds is 0. The summed E-state index contributed by atoms with van der Waals surface area (Å²) in [7, 11) is 0. The van der Waals surface area contributed by atoms with Crippen LogP contribution in [0.3, 0.4) is 0 Å². The van der Waals surface area contributed by atoms with E-state index in [9.17, 15) is 10.4 Å². The fraction of sp³-hybridized carbons (Fsp3) is 0.333. The molecular formula is C9H12N2O2. The van der Waals surface area contributed by atoms with E-state index in [0.29, 0.717) is 6.54 Å². The highest BCUT2D eigenvalue weighted by atomic mass is 16.5. The van der Waals surface area contributed by atoms with Crippen LogP contribution in [-0.2, 0) is 0 Å². The number of aromatic nitrogens is 1. The van der Waals surface area contributed by atoms with Gasteiger partial charge in [-0.05, 0) is 0 Å². The van der Waals surface area contributed by atoms with Crippen molar-refractivity contribution in [3.63, 3.8) is 0 Å². The molecule has 13 heavy (non-hydrogen) atoms. The summed E-state index contributed by atoms with van der Waals surface area (Å²) in [6.45, 7) is 0.708. The monoisotopic (exact) mass is 180 g/mol. The zero-order valence-electron chi connectivity index (χ0n) is 7.30. The molecule has 2 heterocycles. The van der Waals surface area contributed by atoms with Gasteiger partial charge in [0.2, 0.25) is 0 Å². The highest BCUT2D eigenvalue weighted by Gasteiger charge is 2.00. The van der Waals surface area contributed by atoms with Crippen LogP contribution < -0.4 is 4.73 Å². The molecular weight excluding hydrogens is 168 g/mol. The Labute approximate surface area is 76.9 Å². The minimum absolute atomic E-state index is 0.708. The second kappa shape index (κ2) is 5.13. The van der Waals surface area contributed by atoms with E-state index in [0.717, 1.165) is 22.3 Å². The van der Waals surface area contributed by atoms with Gasteiger partial charge in [-0.1, -0.05) is 6.07 Å². The number of hydroxylamine groups is 1. The molecule has 0 saturated carbocycles. The molecule has 4 heteroatoms. The smallest absolute Gasteiger partial charge is 0.180 e. The maximum atomic E-state index is 10.2. The van der Waals surface area contributed by atoms with Crippen molar-refractivity contribution < 1.29 is 9.47 Å². The first-order valence-electron chi connectivity index (χ1n) is 4.20. The summed E-state index contributed by atoms with van der Waals surface area (Å²) >= 11 is 0. The third-order valence-electron chi connectivity index (χ3n) is 1.60. The van der Waals surface area contributed by atoms with Gasteiger partial charge in [0.15, 0.2) is 25.2 Å². The molecule has 0 aliphatic carbocycles. The van der Waals surface area contributed by atoms with Crippen LogP contribution in [0.15, 0.2) is 30.6 Å². The van der Waals surface area contributed by atoms with E-state index >= 15 is 0 Å². The first-order valence-corrected chi connectivity index (χ1v) is 4.20. The second-order valence-electron chi connectivity index (χ2n) is 2.70. The van der Waals surface area contributed by atoms with Crippen molar-refractivity contribution in [1.82, 2.24) is 0 Å². The molecule has 1 aliphatic heterocycles. The predicted molar refractivity (Wildman–Crippen MR) is 49.2 cm³/mol. The van der Waals surface area contributed by atoms with Crippen molar-refractivity contribution in [1.29, 1.82) is 0 Å². The Morgan fingerprint density at radius 2 is 1.69 bits per heavy atom. The van der Waals surface area contributed by atoms with Crippen LogP contribution in [0.25, 0.3) is 0 Å². The van der Waals surface area contributed by atoms with Gasteiger partial charge in [-0.15, -0.1) is 0 Å². The first kappa shape index (κ1) is 9.51. The average Bonchev–Trinajstić information content (AvgIpc) is 2.58. The fourth-order valence-corrected chi connectivity index (χ4v) is 0.957. The summed E-state index contributed by atoms with van der Waals surface area (Å²) in [6.07, 6.45) is 6.59. The van der Waals surface area contributed by atoms with Crippen LogP contribution >= 0.6 is 0 Å². The van der Waals surface area contributed by atoms with E-state index in [2.05, 4.69) is 0 Å². The van der Waals surface area contributed by atoms with E-state index in [4.69, 9.17) is 0 Å². The minimum atomic E-state index is 0.708. The zero-order valence-corrected chi connectivity index (χ0v) is 7.30. The van der Waals surface area contributed by atoms with Gasteiger partial charge in [-0.3, -0.25) is 0 Å². The van der Waals surface area contributed by atoms with Gasteiger partial charge in [-0.2, -0.15) is 4.73 Å². The SMILES string of the molecule is [O-][N+]1=CCCC1.[O-][n+]1ccccc1. The quantitative estimate of drug-likeness (QED) is 0.435. The second-order valence-corrected chi connectivity index (χ2v) is 2.70. The summed E-state index contributed by atoms with van der Waals surface area (Å²) in [4.78, 5) is 0. The zero-order chi connectivity index (χ0) is 9.52. The molecule has 0 amide bonds. The fourth-order valence-electron chi connectivity index (χ4n) is 0.957. The lowest BCUT2D eigenvalue weighted by molar-refractivity contribution is -0.605. The third-order valence-corrected chi connectivity index (χ3v) is 1.60. The Balaban J connectivity index is 0.000000132. The molecule has 70 valence electrons. The van der Waals surface area contributed by atoms with Crippen LogP contribution in [0.1, 0.15) is 12.8 Å². The molecule has 1 aromatic rings. The maximum Gasteiger partial charge on any atom is 0.180 e. The lowest BCUT2D eigenvalue weighted by Gasteiger charge is -1.90. The van der Waals surface area contributed by atoms with Gasteiger partial charge < -0.3 is 10.4 Å². The van der Waals surface area contributed by atoms with E-state index in [1.54, 1.807) is 24.4 Å². The summed E-state index contributed by atoms with van der Waals surface area (Å²) in [6, 6.07) is 5.18. The molecule has 0 N–H and O–H groups in total. The van der Waals surface area contributed by atoms with E-state index in [-0.39, 0.29) is 0 Å². The third kappa shape index (κ3) is 4.10. The lowest BCUT2D eigenvalue weighted by atomic mass is 10.4. The molecule has 1 aromatic heterocycles. The Morgan fingerprint density at radius 3 is 1.92 bits per heavy atom. The maximum absolute atomic E-state index is 10.2. The Morgan fingerprint density at radius 1 is 1.00 bits per heavy atom. The molecule has 2 rings (SSSR count). The minimum Gasteiger partial charge on any atom is -0.624 e. The summed E-state index contributed by atoms with van der Waals surface area (Å²) in [5.41, 5.74) is 0. The van der Waals surface area contributed by atoms with Crippen LogP contribution in [-0.4, -0.2) is 17.5 Å². The van der Waals surface area contributed by atoms with E-state index in [1.807, 2.05) is 0 Å². The Kier molecular flexibility index (Phi) is 3.75. The highest BCUT2D eigenvalue weighted by molar-refractivity contribution is 5.52. The van der Waals surface area contributed by atoms with Crippen LogP contribution in [0.5, 0.6) is 0 Å². The van der Waals surface area contributed by atoms with Gasteiger partial charge in [-0.25, -0.2) is 4.74 Å². The first-order chi connectivity index (χ1) is 6.29. The molecule has 0 aromatic carbocycles. The predicted octanol–water partition coefficient (Wildman–Crippen LogP) is 0.681. The Bertz CT molecular complexity index is 272. The van der Waals surface area contributed by atoms with Crippen molar-refractivity contribution >= 4 is 6.21 Å². The molecule has 0 spiro atoms. The normalized spacial score (nSPS) is 14.3. The molecule has 0 bridgehead atoms.